The minimum atomic E-state index is -0.0139. The van der Waals surface area contributed by atoms with Gasteiger partial charge in [-0.05, 0) is 43.7 Å². The third-order valence-corrected chi connectivity index (χ3v) is 4.14. The van der Waals surface area contributed by atoms with Crippen molar-refractivity contribution in [2.24, 2.45) is 0 Å². The summed E-state index contributed by atoms with van der Waals surface area (Å²) in [7, 11) is 0. The van der Waals surface area contributed by atoms with Gasteiger partial charge in [-0.15, -0.1) is 0 Å². The molecule has 0 spiro atoms. The third kappa shape index (κ3) is 1.82. The second-order valence-corrected chi connectivity index (χ2v) is 5.64. The van der Waals surface area contributed by atoms with Gasteiger partial charge >= 0.3 is 0 Å². The molecule has 110 valence electrons. The molecule has 4 heterocycles. The Morgan fingerprint density at radius 3 is 2.77 bits per heavy atom. The number of hydrogen-bond donors (Lipinski definition) is 0. The van der Waals surface area contributed by atoms with Crippen molar-refractivity contribution in [2.45, 2.75) is 20.4 Å². The van der Waals surface area contributed by atoms with Gasteiger partial charge in [-0.1, -0.05) is 6.07 Å². The van der Waals surface area contributed by atoms with Crippen molar-refractivity contribution in [3.8, 4) is 0 Å². The topological polar surface area (TPSA) is 51.0 Å². The van der Waals surface area contributed by atoms with Gasteiger partial charge in [0.15, 0.2) is 0 Å². The molecule has 1 amide bonds. The molecule has 5 nitrogen and oxygen atoms in total. The van der Waals surface area contributed by atoms with Crippen molar-refractivity contribution < 1.29 is 4.79 Å². The molecule has 0 aliphatic carbocycles. The Hall–Kier alpha value is -2.69. The summed E-state index contributed by atoms with van der Waals surface area (Å²) in [6.07, 6.45) is 1.71. The van der Waals surface area contributed by atoms with E-state index in [0.29, 0.717) is 18.1 Å². The van der Waals surface area contributed by atoms with Gasteiger partial charge in [0.25, 0.3) is 5.91 Å². The van der Waals surface area contributed by atoms with E-state index >= 15 is 0 Å². The van der Waals surface area contributed by atoms with Crippen molar-refractivity contribution in [1.29, 1.82) is 0 Å². The van der Waals surface area contributed by atoms with Crippen LogP contribution in [0.15, 0.2) is 36.5 Å². The van der Waals surface area contributed by atoms with Gasteiger partial charge in [0, 0.05) is 30.4 Å². The van der Waals surface area contributed by atoms with Crippen molar-refractivity contribution in [2.75, 3.05) is 11.4 Å². The Morgan fingerprint density at radius 1 is 1.14 bits per heavy atom. The molecule has 1 aliphatic heterocycles. The van der Waals surface area contributed by atoms with E-state index in [-0.39, 0.29) is 5.91 Å². The van der Waals surface area contributed by atoms with Crippen LogP contribution in [-0.2, 0) is 6.54 Å². The van der Waals surface area contributed by atoms with Crippen LogP contribution in [0.1, 0.15) is 21.7 Å². The summed E-state index contributed by atoms with van der Waals surface area (Å²) in [5.41, 5.74) is 3.72. The zero-order valence-corrected chi connectivity index (χ0v) is 12.6. The average molecular weight is 292 g/mol. The number of anilines is 1. The van der Waals surface area contributed by atoms with Gasteiger partial charge < -0.3 is 4.57 Å². The van der Waals surface area contributed by atoms with Gasteiger partial charge in [0.2, 0.25) is 0 Å². The van der Waals surface area contributed by atoms with Crippen molar-refractivity contribution in [1.82, 2.24) is 14.5 Å². The van der Waals surface area contributed by atoms with Crippen LogP contribution >= 0.6 is 0 Å². The highest BCUT2D eigenvalue weighted by molar-refractivity contribution is 6.08. The fourth-order valence-electron chi connectivity index (χ4n) is 3.12. The molecular weight excluding hydrogens is 276 g/mol. The summed E-state index contributed by atoms with van der Waals surface area (Å²) in [5.74, 6) is 0.685. The number of carbonyl (C=O) groups is 1. The maximum atomic E-state index is 12.8. The Bertz CT molecular complexity index is 883. The van der Waals surface area contributed by atoms with Gasteiger partial charge in [-0.2, -0.15) is 0 Å². The lowest BCUT2D eigenvalue weighted by molar-refractivity contribution is 0.0965. The molecule has 0 saturated carbocycles. The van der Waals surface area contributed by atoms with Crippen molar-refractivity contribution in [3.05, 3.63) is 53.5 Å². The van der Waals surface area contributed by atoms with Crippen LogP contribution in [0.5, 0.6) is 0 Å². The standard InChI is InChI=1S/C17H16N4O/c1-11-9-12(2)19-16-13(11)10-14-17(22)21(8-7-20(14)16)15-5-3-4-6-18-15/h3-6,9-10H,7-8H2,1-2H3. The average Bonchev–Trinajstić information content (AvgIpc) is 2.89. The molecule has 0 N–H and O–H groups in total. The Labute approximate surface area is 128 Å². The van der Waals surface area contributed by atoms with E-state index < -0.39 is 0 Å². The molecule has 5 heteroatoms. The minimum absolute atomic E-state index is 0.0139. The number of amides is 1. The van der Waals surface area contributed by atoms with Gasteiger partial charge in [-0.3, -0.25) is 9.69 Å². The summed E-state index contributed by atoms with van der Waals surface area (Å²) in [5, 5.41) is 1.05. The number of hydrogen-bond acceptors (Lipinski definition) is 3. The summed E-state index contributed by atoms with van der Waals surface area (Å²) in [6, 6.07) is 9.62. The molecule has 0 atom stereocenters. The summed E-state index contributed by atoms with van der Waals surface area (Å²) >= 11 is 0. The minimum Gasteiger partial charge on any atom is -0.319 e. The number of pyridine rings is 2. The molecule has 0 aromatic carbocycles. The second-order valence-electron chi connectivity index (χ2n) is 5.64. The van der Waals surface area contributed by atoms with E-state index in [9.17, 15) is 4.79 Å². The number of nitrogens with zero attached hydrogens (tertiary/aromatic N) is 4. The number of rotatable bonds is 1. The molecule has 0 fully saturated rings. The first-order valence-electron chi connectivity index (χ1n) is 7.35. The van der Waals surface area contributed by atoms with Gasteiger partial charge in [0.1, 0.15) is 17.2 Å². The maximum absolute atomic E-state index is 12.8. The Balaban J connectivity index is 1.86. The Morgan fingerprint density at radius 2 is 2.00 bits per heavy atom. The van der Waals surface area contributed by atoms with Crippen LogP contribution < -0.4 is 4.90 Å². The highest BCUT2D eigenvalue weighted by atomic mass is 16.2. The number of aromatic nitrogens is 3. The summed E-state index contributed by atoms with van der Waals surface area (Å²) in [6.45, 7) is 5.39. The molecular formula is C17H16N4O. The van der Waals surface area contributed by atoms with Crippen molar-refractivity contribution >= 4 is 22.8 Å². The molecule has 0 saturated heterocycles. The molecule has 0 radical (unpaired) electrons. The highest BCUT2D eigenvalue weighted by Crippen LogP contribution is 2.27. The lowest BCUT2D eigenvalue weighted by Gasteiger charge is -2.27. The molecule has 3 aromatic rings. The number of carbonyl (C=O) groups excluding carboxylic acids is 1. The largest absolute Gasteiger partial charge is 0.319 e. The van der Waals surface area contributed by atoms with E-state index in [1.54, 1.807) is 11.1 Å². The van der Waals surface area contributed by atoms with Crippen LogP contribution in [-0.4, -0.2) is 27.0 Å². The van der Waals surface area contributed by atoms with Crippen LogP contribution in [0.3, 0.4) is 0 Å². The smallest absolute Gasteiger partial charge is 0.276 e. The fourth-order valence-corrected chi connectivity index (χ4v) is 3.12. The van der Waals surface area contributed by atoms with Crippen LogP contribution in [0.4, 0.5) is 5.82 Å². The zero-order valence-electron chi connectivity index (χ0n) is 12.6. The SMILES string of the molecule is Cc1cc(C)c2cc3n(c2n1)CCN(c1ccccn1)C3=O. The van der Waals surface area contributed by atoms with Crippen LogP contribution in [0, 0.1) is 13.8 Å². The Kier molecular flexibility index (Phi) is 2.76. The zero-order chi connectivity index (χ0) is 15.3. The molecule has 3 aromatic heterocycles. The molecule has 1 aliphatic rings. The van der Waals surface area contributed by atoms with Crippen LogP contribution in [0.2, 0.25) is 0 Å². The maximum Gasteiger partial charge on any atom is 0.276 e. The van der Waals surface area contributed by atoms with Gasteiger partial charge in [0.05, 0.1) is 0 Å². The number of aryl methyl sites for hydroxylation is 2. The number of fused-ring (bicyclic) bond motifs is 3. The lowest BCUT2D eigenvalue weighted by Crippen LogP contribution is -2.40. The highest BCUT2D eigenvalue weighted by Gasteiger charge is 2.28. The summed E-state index contributed by atoms with van der Waals surface area (Å²) in [4.78, 5) is 23.5. The van der Waals surface area contributed by atoms with Gasteiger partial charge in [-0.25, -0.2) is 9.97 Å². The van der Waals surface area contributed by atoms with E-state index in [1.807, 2.05) is 35.8 Å². The van der Waals surface area contributed by atoms with Crippen LogP contribution in [0.25, 0.3) is 11.0 Å². The molecule has 0 unspecified atom stereocenters. The lowest BCUT2D eigenvalue weighted by atomic mass is 10.2. The monoisotopic (exact) mass is 292 g/mol. The predicted octanol–water partition coefficient (Wildman–Crippen LogP) is 2.71. The fraction of sp³-hybridized carbons (Fsp3) is 0.235. The molecule has 4 rings (SSSR count). The first-order chi connectivity index (χ1) is 10.6. The van der Waals surface area contributed by atoms with E-state index in [1.165, 1.54) is 0 Å². The van der Waals surface area contributed by atoms with Crippen molar-refractivity contribution in [3.63, 3.8) is 0 Å². The van der Waals surface area contributed by atoms with E-state index in [4.69, 9.17) is 0 Å². The first-order valence-corrected chi connectivity index (χ1v) is 7.35. The quantitative estimate of drug-likeness (QED) is 0.693. The predicted molar refractivity (Wildman–Crippen MR) is 85.1 cm³/mol. The molecule has 0 bridgehead atoms. The first kappa shape index (κ1) is 13.0. The molecule has 22 heavy (non-hydrogen) atoms. The third-order valence-electron chi connectivity index (χ3n) is 4.14. The second kappa shape index (κ2) is 4.66. The van der Waals surface area contributed by atoms with E-state index in [0.717, 1.165) is 28.8 Å². The normalized spacial score (nSPS) is 14.5. The summed E-state index contributed by atoms with van der Waals surface area (Å²) < 4.78 is 2.02. The van der Waals surface area contributed by atoms with E-state index in [2.05, 4.69) is 23.0 Å².